The summed E-state index contributed by atoms with van der Waals surface area (Å²) in [5.74, 6) is 1.37. The Balaban J connectivity index is 2.45. The zero-order chi connectivity index (χ0) is 13.4. The number of amides is 1. The molecule has 2 N–H and O–H groups in total. The highest BCUT2D eigenvalue weighted by atomic mass is 16.2. The molecule has 1 amide bonds. The summed E-state index contributed by atoms with van der Waals surface area (Å²) in [5.41, 5.74) is 5.56. The molecule has 0 aromatic carbocycles. The number of anilines is 1. The van der Waals surface area contributed by atoms with Crippen LogP contribution in [-0.4, -0.2) is 24.5 Å². The number of carbonyl (C=O) groups excluding carboxylic acids is 1. The smallest absolute Gasteiger partial charge is 0.227 e. The molecule has 1 aromatic rings. The molecule has 0 spiro atoms. The molecule has 0 aliphatic rings. The predicted molar refractivity (Wildman–Crippen MR) is 74.3 cm³/mol. The van der Waals surface area contributed by atoms with E-state index >= 15 is 0 Å². The maximum Gasteiger partial charge on any atom is 0.227 e. The minimum Gasteiger partial charge on any atom is -0.330 e. The first kappa shape index (κ1) is 14.6. The molecule has 0 aliphatic carbocycles. The van der Waals surface area contributed by atoms with Gasteiger partial charge in [0, 0.05) is 19.7 Å². The Kier molecular flexibility index (Phi) is 6.36. The number of aromatic nitrogens is 1. The van der Waals surface area contributed by atoms with E-state index in [4.69, 9.17) is 5.73 Å². The van der Waals surface area contributed by atoms with Crippen LogP contribution in [0.1, 0.15) is 32.6 Å². The Morgan fingerprint density at radius 3 is 2.78 bits per heavy atom. The molecule has 0 radical (unpaired) electrons. The molecule has 1 atom stereocenters. The van der Waals surface area contributed by atoms with E-state index in [2.05, 4.69) is 11.9 Å². The number of nitrogens with two attached hydrogens (primary N) is 1. The van der Waals surface area contributed by atoms with Gasteiger partial charge in [0.2, 0.25) is 5.91 Å². The Morgan fingerprint density at radius 2 is 2.22 bits per heavy atom. The Hall–Kier alpha value is -1.42. The lowest BCUT2D eigenvalue weighted by Crippen LogP contribution is -2.27. The summed E-state index contributed by atoms with van der Waals surface area (Å²) in [6, 6.07) is 5.57. The molecular weight excluding hydrogens is 226 g/mol. The van der Waals surface area contributed by atoms with Gasteiger partial charge in [0.1, 0.15) is 5.82 Å². The monoisotopic (exact) mass is 249 g/mol. The third-order valence-electron chi connectivity index (χ3n) is 3.29. The van der Waals surface area contributed by atoms with Gasteiger partial charge in [-0.05, 0) is 37.4 Å². The molecule has 0 fully saturated rings. The maximum atomic E-state index is 12.0. The second kappa shape index (κ2) is 7.82. The van der Waals surface area contributed by atoms with Gasteiger partial charge >= 0.3 is 0 Å². The number of rotatable bonds is 7. The third-order valence-corrected chi connectivity index (χ3v) is 3.29. The Morgan fingerprint density at radius 1 is 1.44 bits per heavy atom. The molecule has 1 heterocycles. The topological polar surface area (TPSA) is 59.2 Å². The summed E-state index contributed by atoms with van der Waals surface area (Å²) in [7, 11) is 1.77. The fourth-order valence-electron chi connectivity index (χ4n) is 1.96. The average molecular weight is 249 g/mol. The zero-order valence-corrected chi connectivity index (χ0v) is 11.3. The molecule has 4 nitrogen and oxygen atoms in total. The van der Waals surface area contributed by atoms with Crippen molar-refractivity contribution in [1.29, 1.82) is 0 Å². The summed E-state index contributed by atoms with van der Waals surface area (Å²) >= 11 is 0. The standard InChI is InChI=1S/C14H23N3O/c1-3-12(9-10-15)7-8-14(18)17(2)13-6-4-5-11-16-13/h4-6,11-12H,3,7-10,15H2,1-2H3. The lowest BCUT2D eigenvalue weighted by Gasteiger charge is -2.18. The van der Waals surface area contributed by atoms with E-state index in [9.17, 15) is 4.79 Å². The highest BCUT2D eigenvalue weighted by Gasteiger charge is 2.14. The van der Waals surface area contributed by atoms with E-state index < -0.39 is 0 Å². The van der Waals surface area contributed by atoms with Crippen molar-refractivity contribution in [2.24, 2.45) is 11.7 Å². The van der Waals surface area contributed by atoms with Gasteiger partial charge in [-0.3, -0.25) is 9.69 Å². The van der Waals surface area contributed by atoms with Crippen LogP contribution in [0.15, 0.2) is 24.4 Å². The van der Waals surface area contributed by atoms with Crippen LogP contribution in [0.2, 0.25) is 0 Å². The van der Waals surface area contributed by atoms with E-state index in [1.54, 1.807) is 18.1 Å². The van der Waals surface area contributed by atoms with E-state index in [0.29, 0.717) is 24.7 Å². The fourth-order valence-corrected chi connectivity index (χ4v) is 1.96. The van der Waals surface area contributed by atoms with Gasteiger partial charge in [-0.1, -0.05) is 19.4 Å². The van der Waals surface area contributed by atoms with Crippen molar-refractivity contribution in [2.45, 2.75) is 32.6 Å². The molecule has 18 heavy (non-hydrogen) atoms. The summed E-state index contributed by atoms with van der Waals surface area (Å²) in [6.45, 7) is 2.84. The molecule has 1 unspecified atom stereocenters. The first-order valence-electron chi connectivity index (χ1n) is 6.56. The molecule has 0 aliphatic heterocycles. The van der Waals surface area contributed by atoms with Crippen molar-refractivity contribution in [3.8, 4) is 0 Å². The van der Waals surface area contributed by atoms with Crippen molar-refractivity contribution in [3.63, 3.8) is 0 Å². The van der Waals surface area contributed by atoms with Crippen molar-refractivity contribution in [3.05, 3.63) is 24.4 Å². The van der Waals surface area contributed by atoms with Gasteiger partial charge in [0.15, 0.2) is 0 Å². The van der Waals surface area contributed by atoms with Crippen LogP contribution in [0.5, 0.6) is 0 Å². The summed E-state index contributed by atoms with van der Waals surface area (Å²) < 4.78 is 0. The maximum absolute atomic E-state index is 12.0. The second-order valence-electron chi connectivity index (χ2n) is 4.53. The first-order chi connectivity index (χ1) is 8.69. The molecule has 0 saturated heterocycles. The highest BCUT2D eigenvalue weighted by Crippen LogP contribution is 2.16. The lowest BCUT2D eigenvalue weighted by molar-refractivity contribution is -0.118. The second-order valence-corrected chi connectivity index (χ2v) is 4.53. The van der Waals surface area contributed by atoms with Crippen LogP contribution >= 0.6 is 0 Å². The zero-order valence-electron chi connectivity index (χ0n) is 11.3. The van der Waals surface area contributed by atoms with Gasteiger partial charge in [-0.15, -0.1) is 0 Å². The van der Waals surface area contributed by atoms with E-state index in [1.165, 1.54) is 0 Å². The van der Waals surface area contributed by atoms with Crippen LogP contribution in [0, 0.1) is 5.92 Å². The van der Waals surface area contributed by atoms with Crippen molar-refractivity contribution >= 4 is 11.7 Å². The Labute approximate surface area is 109 Å². The van der Waals surface area contributed by atoms with E-state index in [1.807, 2.05) is 18.2 Å². The van der Waals surface area contributed by atoms with Crippen molar-refractivity contribution < 1.29 is 4.79 Å². The largest absolute Gasteiger partial charge is 0.330 e. The third kappa shape index (κ3) is 4.45. The highest BCUT2D eigenvalue weighted by molar-refractivity contribution is 5.91. The normalized spacial score (nSPS) is 12.2. The fraction of sp³-hybridized carbons (Fsp3) is 0.571. The van der Waals surface area contributed by atoms with Gasteiger partial charge in [0.05, 0.1) is 0 Å². The van der Waals surface area contributed by atoms with Crippen LogP contribution in [0.4, 0.5) is 5.82 Å². The van der Waals surface area contributed by atoms with Gasteiger partial charge in [-0.25, -0.2) is 4.98 Å². The van der Waals surface area contributed by atoms with E-state index in [-0.39, 0.29) is 5.91 Å². The van der Waals surface area contributed by atoms with Gasteiger partial charge in [0.25, 0.3) is 0 Å². The first-order valence-corrected chi connectivity index (χ1v) is 6.56. The molecule has 4 heteroatoms. The molecule has 1 aromatic heterocycles. The number of pyridine rings is 1. The molecule has 1 rings (SSSR count). The summed E-state index contributed by atoms with van der Waals surface area (Å²) in [4.78, 5) is 17.8. The molecule has 0 bridgehead atoms. The molecule has 0 saturated carbocycles. The van der Waals surface area contributed by atoms with Crippen LogP contribution in [-0.2, 0) is 4.79 Å². The summed E-state index contributed by atoms with van der Waals surface area (Å²) in [6.07, 6.45) is 5.24. The molecule has 100 valence electrons. The minimum absolute atomic E-state index is 0.115. The number of carbonyl (C=O) groups is 1. The number of hydrogen-bond acceptors (Lipinski definition) is 3. The Bertz CT molecular complexity index is 353. The minimum atomic E-state index is 0.115. The number of nitrogens with zero attached hydrogens (tertiary/aromatic N) is 2. The van der Waals surface area contributed by atoms with Crippen LogP contribution in [0.25, 0.3) is 0 Å². The predicted octanol–water partition coefficient (Wildman–Crippen LogP) is 2.20. The lowest BCUT2D eigenvalue weighted by atomic mass is 9.96. The van der Waals surface area contributed by atoms with Crippen molar-refractivity contribution in [2.75, 3.05) is 18.5 Å². The SMILES string of the molecule is CCC(CCN)CCC(=O)N(C)c1ccccn1. The van der Waals surface area contributed by atoms with Gasteiger partial charge in [-0.2, -0.15) is 0 Å². The quantitative estimate of drug-likeness (QED) is 0.806. The van der Waals surface area contributed by atoms with Crippen LogP contribution < -0.4 is 10.6 Å². The van der Waals surface area contributed by atoms with E-state index in [0.717, 1.165) is 19.3 Å². The van der Waals surface area contributed by atoms with Crippen LogP contribution in [0.3, 0.4) is 0 Å². The van der Waals surface area contributed by atoms with Crippen molar-refractivity contribution in [1.82, 2.24) is 4.98 Å². The summed E-state index contributed by atoms with van der Waals surface area (Å²) in [5, 5.41) is 0. The van der Waals surface area contributed by atoms with Gasteiger partial charge < -0.3 is 5.73 Å². The number of hydrogen-bond donors (Lipinski definition) is 1. The molecular formula is C14H23N3O. The average Bonchev–Trinajstić information content (AvgIpc) is 2.43.